The molecule has 0 radical (unpaired) electrons. The molecule has 2 aromatic heterocycles. The van der Waals surface area contributed by atoms with Crippen molar-refractivity contribution in [2.45, 2.75) is 32.7 Å². The van der Waals surface area contributed by atoms with E-state index in [9.17, 15) is 4.79 Å². The second-order valence-corrected chi connectivity index (χ2v) is 8.19. The summed E-state index contributed by atoms with van der Waals surface area (Å²) in [5.41, 5.74) is 4.07. The second kappa shape index (κ2) is 7.25. The van der Waals surface area contributed by atoms with Gasteiger partial charge in [0.05, 0.1) is 6.04 Å². The van der Waals surface area contributed by atoms with Gasteiger partial charge in [0.25, 0.3) is 5.91 Å². The van der Waals surface area contributed by atoms with Gasteiger partial charge in [-0.3, -0.25) is 9.69 Å². The Labute approximate surface area is 158 Å². The van der Waals surface area contributed by atoms with Gasteiger partial charge in [0, 0.05) is 22.3 Å². The van der Waals surface area contributed by atoms with Gasteiger partial charge in [0.2, 0.25) is 0 Å². The van der Waals surface area contributed by atoms with Gasteiger partial charge < -0.3 is 10.3 Å². The third-order valence-corrected chi connectivity index (χ3v) is 6.22. The maximum atomic E-state index is 12.7. The molecule has 4 rings (SSSR count). The second-order valence-electron chi connectivity index (χ2n) is 7.21. The Hall–Kier alpha value is -2.11. The van der Waals surface area contributed by atoms with Gasteiger partial charge in [0.1, 0.15) is 5.69 Å². The first-order valence-corrected chi connectivity index (χ1v) is 10.2. The first kappa shape index (κ1) is 17.3. The predicted octanol–water partition coefficient (Wildman–Crippen LogP) is 4.41. The molecule has 1 amide bonds. The third kappa shape index (κ3) is 3.41. The number of benzene rings is 1. The average molecular weight is 368 g/mol. The van der Waals surface area contributed by atoms with Crippen LogP contribution in [0, 0.1) is 13.8 Å². The Balaban J connectivity index is 1.51. The molecular weight excluding hydrogens is 342 g/mol. The maximum Gasteiger partial charge on any atom is 0.267 e. The number of nitrogens with one attached hydrogen (secondary N) is 2. The first-order chi connectivity index (χ1) is 12.6. The normalized spacial score (nSPS) is 16.2. The zero-order valence-electron chi connectivity index (χ0n) is 15.3. The lowest BCUT2D eigenvalue weighted by Crippen LogP contribution is -2.36. The molecule has 3 aromatic rings. The minimum absolute atomic E-state index is 0.0287. The third-order valence-electron chi connectivity index (χ3n) is 5.24. The van der Waals surface area contributed by atoms with E-state index in [1.165, 1.54) is 28.8 Å². The highest BCUT2D eigenvalue weighted by molar-refractivity contribution is 7.10. The number of hydrogen-bond acceptors (Lipinski definition) is 3. The maximum absolute atomic E-state index is 12.7. The van der Waals surface area contributed by atoms with Crippen molar-refractivity contribution in [1.29, 1.82) is 0 Å². The molecule has 26 heavy (non-hydrogen) atoms. The van der Waals surface area contributed by atoms with Gasteiger partial charge >= 0.3 is 0 Å². The molecule has 1 atom stereocenters. The minimum Gasteiger partial charge on any atom is -0.351 e. The van der Waals surface area contributed by atoms with E-state index in [0.29, 0.717) is 12.2 Å². The molecule has 0 bridgehead atoms. The number of aromatic nitrogens is 1. The highest BCUT2D eigenvalue weighted by atomic mass is 32.1. The fourth-order valence-electron chi connectivity index (χ4n) is 3.95. The lowest BCUT2D eigenvalue weighted by molar-refractivity contribution is 0.0934. The van der Waals surface area contributed by atoms with Crippen molar-refractivity contribution >= 4 is 28.1 Å². The number of hydrogen-bond donors (Lipinski definition) is 2. The molecule has 1 aliphatic heterocycles. The molecule has 136 valence electrons. The molecule has 1 unspecified atom stereocenters. The quantitative estimate of drug-likeness (QED) is 0.701. The molecule has 0 spiro atoms. The van der Waals surface area contributed by atoms with Crippen LogP contribution in [0.4, 0.5) is 0 Å². The van der Waals surface area contributed by atoms with E-state index in [1.807, 2.05) is 6.07 Å². The summed E-state index contributed by atoms with van der Waals surface area (Å²) in [7, 11) is 0. The van der Waals surface area contributed by atoms with Crippen LogP contribution in [0.2, 0.25) is 0 Å². The molecule has 5 heteroatoms. The topological polar surface area (TPSA) is 48.1 Å². The zero-order chi connectivity index (χ0) is 18.1. The number of likely N-dealkylation sites (tertiary alicyclic amines) is 1. The summed E-state index contributed by atoms with van der Waals surface area (Å²) in [4.78, 5) is 19.8. The number of rotatable bonds is 5. The summed E-state index contributed by atoms with van der Waals surface area (Å²) in [6, 6.07) is 10.8. The monoisotopic (exact) mass is 367 g/mol. The molecule has 4 nitrogen and oxygen atoms in total. The fourth-order valence-corrected chi connectivity index (χ4v) is 4.81. The highest BCUT2D eigenvalue weighted by Crippen LogP contribution is 2.28. The molecule has 3 heterocycles. The van der Waals surface area contributed by atoms with Gasteiger partial charge in [-0.1, -0.05) is 12.1 Å². The Morgan fingerprint density at radius 3 is 2.81 bits per heavy atom. The summed E-state index contributed by atoms with van der Waals surface area (Å²) < 4.78 is 0. The molecule has 0 saturated carbocycles. The zero-order valence-corrected chi connectivity index (χ0v) is 16.2. The number of H-pyrrole nitrogens is 1. The van der Waals surface area contributed by atoms with Crippen molar-refractivity contribution in [1.82, 2.24) is 15.2 Å². The van der Waals surface area contributed by atoms with E-state index in [1.54, 1.807) is 11.3 Å². The summed E-state index contributed by atoms with van der Waals surface area (Å²) in [5.74, 6) is -0.0287. The van der Waals surface area contributed by atoms with Gasteiger partial charge in [0.15, 0.2) is 0 Å². The molecule has 2 N–H and O–H groups in total. The van der Waals surface area contributed by atoms with Gasteiger partial charge in [-0.2, -0.15) is 0 Å². The van der Waals surface area contributed by atoms with Crippen molar-refractivity contribution in [3.63, 3.8) is 0 Å². The van der Waals surface area contributed by atoms with Crippen molar-refractivity contribution in [3.05, 3.63) is 57.4 Å². The molecule has 1 aliphatic rings. The number of aryl methyl sites for hydroxylation is 2. The fraction of sp³-hybridized carbons (Fsp3) is 0.381. The Morgan fingerprint density at radius 1 is 1.27 bits per heavy atom. The number of fused-ring (bicyclic) bond motifs is 1. The van der Waals surface area contributed by atoms with Crippen LogP contribution in [0.1, 0.15) is 45.4 Å². The van der Waals surface area contributed by atoms with Gasteiger partial charge in [-0.25, -0.2) is 0 Å². The summed E-state index contributed by atoms with van der Waals surface area (Å²) in [5, 5.41) is 6.39. The standard InChI is InChI=1S/C21H25N3OS/c1-14-10-15(2)16-12-18(23-17(16)11-14)21(25)22-13-19(20-6-5-9-26-20)24-7-3-4-8-24/h5-6,9-12,19,23H,3-4,7-8,13H2,1-2H3,(H,22,25). The molecule has 0 aliphatic carbocycles. The number of aromatic amines is 1. The lowest BCUT2D eigenvalue weighted by Gasteiger charge is -2.26. The Kier molecular flexibility index (Phi) is 4.83. The van der Waals surface area contributed by atoms with Crippen LogP contribution in [0.3, 0.4) is 0 Å². The summed E-state index contributed by atoms with van der Waals surface area (Å²) >= 11 is 1.77. The molecule has 1 fully saturated rings. The van der Waals surface area contributed by atoms with E-state index in [0.717, 1.165) is 24.0 Å². The van der Waals surface area contributed by atoms with Crippen LogP contribution in [-0.4, -0.2) is 35.4 Å². The van der Waals surface area contributed by atoms with Crippen molar-refractivity contribution in [2.75, 3.05) is 19.6 Å². The summed E-state index contributed by atoms with van der Waals surface area (Å²) in [6.07, 6.45) is 2.49. The van der Waals surface area contributed by atoms with E-state index >= 15 is 0 Å². The van der Waals surface area contributed by atoms with Crippen LogP contribution >= 0.6 is 11.3 Å². The number of thiophene rings is 1. The largest absolute Gasteiger partial charge is 0.351 e. The number of nitrogens with zero attached hydrogens (tertiary/aromatic N) is 1. The van der Waals surface area contributed by atoms with E-state index in [4.69, 9.17) is 0 Å². The smallest absolute Gasteiger partial charge is 0.267 e. The molecule has 1 aromatic carbocycles. The van der Waals surface area contributed by atoms with E-state index < -0.39 is 0 Å². The van der Waals surface area contributed by atoms with Crippen molar-refractivity contribution < 1.29 is 4.79 Å². The SMILES string of the molecule is Cc1cc(C)c2cc(C(=O)NCC(c3cccs3)N3CCCC3)[nH]c2c1. The van der Waals surface area contributed by atoms with Gasteiger partial charge in [-0.15, -0.1) is 11.3 Å². The number of carbonyl (C=O) groups excluding carboxylic acids is 1. The van der Waals surface area contributed by atoms with Crippen LogP contribution in [-0.2, 0) is 0 Å². The van der Waals surface area contributed by atoms with Crippen LogP contribution < -0.4 is 5.32 Å². The number of amides is 1. The Morgan fingerprint density at radius 2 is 2.08 bits per heavy atom. The van der Waals surface area contributed by atoms with Crippen LogP contribution in [0.5, 0.6) is 0 Å². The van der Waals surface area contributed by atoms with Crippen molar-refractivity contribution in [2.24, 2.45) is 0 Å². The summed E-state index contributed by atoms with van der Waals surface area (Å²) in [6.45, 7) is 7.04. The predicted molar refractivity (Wildman–Crippen MR) is 108 cm³/mol. The van der Waals surface area contributed by atoms with E-state index in [2.05, 4.69) is 58.7 Å². The molecule has 1 saturated heterocycles. The average Bonchev–Trinajstić information content (AvgIpc) is 3.36. The van der Waals surface area contributed by atoms with Gasteiger partial charge in [-0.05, 0) is 74.5 Å². The van der Waals surface area contributed by atoms with Crippen LogP contribution in [0.15, 0.2) is 35.7 Å². The highest BCUT2D eigenvalue weighted by Gasteiger charge is 2.25. The Bertz CT molecular complexity index is 907. The molecular formula is C21H25N3OS. The lowest BCUT2D eigenvalue weighted by atomic mass is 10.1. The number of carbonyl (C=O) groups is 1. The van der Waals surface area contributed by atoms with Crippen LogP contribution in [0.25, 0.3) is 10.9 Å². The minimum atomic E-state index is -0.0287. The van der Waals surface area contributed by atoms with Crippen molar-refractivity contribution in [3.8, 4) is 0 Å². The first-order valence-electron chi connectivity index (χ1n) is 9.27. The van der Waals surface area contributed by atoms with E-state index in [-0.39, 0.29) is 11.9 Å².